The third kappa shape index (κ3) is 6.76. The van der Waals surface area contributed by atoms with Gasteiger partial charge in [-0.15, -0.1) is 0 Å². The van der Waals surface area contributed by atoms with Crippen LogP contribution in [0.2, 0.25) is 0 Å². The number of rotatable bonds is 6. The monoisotopic (exact) mass is 354 g/mol. The second-order valence-electron chi connectivity index (χ2n) is 6.02. The second-order valence-corrected chi connectivity index (χ2v) is 6.02. The zero-order valence-electron chi connectivity index (χ0n) is 15.1. The molecule has 0 radical (unpaired) electrons. The average molecular weight is 354 g/mol. The van der Waals surface area contributed by atoms with E-state index >= 15 is 0 Å². The summed E-state index contributed by atoms with van der Waals surface area (Å²) in [6, 6.07) is 14.8. The Balaban J connectivity index is 0.000000289. The van der Waals surface area contributed by atoms with Crippen LogP contribution in [-0.4, -0.2) is 22.7 Å². The number of aryl methyl sites for hydroxylation is 1. The van der Waals surface area contributed by atoms with E-state index < -0.39 is 5.97 Å². The van der Waals surface area contributed by atoms with Gasteiger partial charge in [-0.25, -0.2) is 0 Å². The maximum Gasteiger partial charge on any atom is 0.303 e. The van der Waals surface area contributed by atoms with Crippen molar-refractivity contribution in [3.8, 4) is 0 Å². The van der Waals surface area contributed by atoms with Gasteiger partial charge in [-0.2, -0.15) is 0 Å². The summed E-state index contributed by atoms with van der Waals surface area (Å²) in [5, 5.41) is 23.2. The number of carboxylic acid groups (broad SMARTS) is 1. The van der Waals surface area contributed by atoms with Crippen LogP contribution in [0.15, 0.2) is 48.5 Å². The van der Waals surface area contributed by atoms with Crippen LogP contribution in [0.4, 0.5) is 0 Å². The molecule has 138 valence electrons. The van der Waals surface area contributed by atoms with Crippen molar-refractivity contribution in [2.75, 3.05) is 0 Å². The van der Waals surface area contributed by atoms with Crippen molar-refractivity contribution in [3.63, 3.8) is 0 Å². The molecule has 0 spiro atoms. The smallest absolute Gasteiger partial charge is 0.303 e. The lowest BCUT2D eigenvalue weighted by atomic mass is 9.92. The molecule has 1 atom stereocenters. The van der Waals surface area contributed by atoms with E-state index in [1.165, 1.54) is 5.56 Å². The molecule has 2 aromatic carbocycles. The Kier molecular flexibility index (Phi) is 8.02. The van der Waals surface area contributed by atoms with Crippen LogP contribution in [0, 0.1) is 17.7 Å². The molecule has 0 saturated carbocycles. The predicted octanol–water partition coefficient (Wildman–Crippen LogP) is 3.22. The highest BCUT2D eigenvalue weighted by molar-refractivity contribution is 5.95. The van der Waals surface area contributed by atoms with Gasteiger partial charge in [0.1, 0.15) is 11.7 Å². The highest BCUT2D eigenvalue weighted by Crippen LogP contribution is 2.23. The number of carboxylic acids is 1. The van der Waals surface area contributed by atoms with Crippen LogP contribution in [0.25, 0.3) is 0 Å². The molecule has 0 aliphatic heterocycles. The highest BCUT2D eigenvalue weighted by Gasteiger charge is 2.14. The number of hydrogen-bond acceptors (Lipinski definition) is 3. The first kappa shape index (κ1) is 20.9. The van der Waals surface area contributed by atoms with Crippen LogP contribution in [0.3, 0.4) is 0 Å². The van der Waals surface area contributed by atoms with Crippen molar-refractivity contribution in [2.45, 2.75) is 32.6 Å². The number of hydrogen-bond donors (Lipinski definition) is 5. The van der Waals surface area contributed by atoms with Crippen LogP contribution in [-0.2, 0) is 4.79 Å². The lowest BCUT2D eigenvalue weighted by Crippen LogP contribution is -2.12. The summed E-state index contributed by atoms with van der Waals surface area (Å²) < 4.78 is 0. The van der Waals surface area contributed by atoms with Gasteiger partial charge in [-0.3, -0.25) is 15.6 Å². The highest BCUT2D eigenvalue weighted by atomic mass is 16.4. The van der Waals surface area contributed by atoms with Gasteiger partial charge in [0.15, 0.2) is 0 Å². The molecule has 0 aliphatic rings. The standard InChI is InChI=1S/C12H16N2O2.C8H10N2/c1-2-8(7-11(15)16)9-4-3-5-10(6-9)12(13)14;1-6-2-4-7(5-3-6)8(9)10/h3-6,8H,2,7H2,1H3,(H3,13,14)(H,15,16);2-5H,1H3,(H3,9,10). The maximum absolute atomic E-state index is 10.7. The summed E-state index contributed by atoms with van der Waals surface area (Å²) in [5.74, 6) is -0.691. The largest absolute Gasteiger partial charge is 0.481 e. The van der Waals surface area contributed by atoms with E-state index in [0.717, 1.165) is 17.5 Å². The third-order valence-electron chi connectivity index (χ3n) is 3.95. The van der Waals surface area contributed by atoms with Crippen molar-refractivity contribution in [3.05, 3.63) is 70.8 Å². The molecule has 2 aromatic rings. The Morgan fingerprint density at radius 1 is 1.04 bits per heavy atom. The lowest BCUT2D eigenvalue weighted by Gasteiger charge is -2.13. The minimum atomic E-state index is -0.805. The summed E-state index contributed by atoms with van der Waals surface area (Å²) in [6.45, 7) is 3.96. The van der Waals surface area contributed by atoms with Crippen LogP contribution in [0.5, 0.6) is 0 Å². The van der Waals surface area contributed by atoms with Gasteiger partial charge < -0.3 is 16.6 Å². The van der Waals surface area contributed by atoms with Crippen LogP contribution < -0.4 is 11.5 Å². The Labute approximate surface area is 153 Å². The van der Waals surface area contributed by atoms with Crippen LogP contribution in [0.1, 0.15) is 47.9 Å². The molecule has 0 saturated heterocycles. The summed E-state index contributed by atoms with van der Waals surface area (Å²) in [7, 11) is 0. The fourth-order valence-corrected chi connectivity index (χ4v) is 2.40. The molecule has 0 aliphatic carbocycles. The van der Waals surface area contributed by atoms with Gasteiger partial charge >= 0.3 is 5.97 Å². The first-order valence-corrected chi connectivity index (χ1v) is 8.31. The van der Waals surface area contributed by atoms with Gasteiger partial charge in [0.25, 0.3) is 0 Å². The van der Waals surface area contributed by atoms with Gasteiger partial charge in [-0.05, 0) is 30.9 Å². The average Bonchev–Trinajstić information content (AvgIpc) is 2.60. The van der Waals surface area contributed by atoms with E-state index in [2.05, 4.69) is 0 Å². The summed E-state index contributed by atoms with van der Waals surface area (Å²) >= 11 is 0. The van der Waals surface area contributed by atoms with Gasteiger partial charge in [0, 0.05) is 11.1 Å². The fourth-order valence-electron chi connectivity index (χ4n) is 2.40. The summed E-state index contributed by atoms with van der Waals surface area (Å²) in [4.78, 5) is 10.7. The zero-order valence-corrected chi connectivity index (χ0v) is 15.1. The second kappa shape index (κ2) is 9.98. The van der Waals surface area contributed by atoms with Crippen molar-refractivity contribution in [1.29, 1.82) is 10.8 Å². The Morgan fingerprint density at radius 3 is 2.08 bits per heavy atom. The SMILES string of the molecule is CCC(CC(=O)O)c1cccc(C(=N)N)c1.Cc1ccc(C(=N)N)cc1. The Bertz CT molecular complexity index is 770. The molecule has 6 nitrogen and oxygen atoms in total. The molecule has 0 bridgehead atoms. The zero-order chi connectivity index (χ0) is 19.7. The normalized spacial score (nSPS) is 11.0. The van der Waals surface area contributed by atoms with E-state index in [1.54, 1.807) is 18.2 Å². The quantitative estimate of drug-likeness (QED) is 0.401. The summed E-state index contributed by atoms with van der Waals surface area (Å²) in [5.41, 5.74) is 14.2. The molecule has 7 N–H and O–H groups in total. The molecule has 6 heteroatoms. The number of aliphatic carboxylic acids is 1. The number of benzene rings is 2. The van der Waals surface area contributed by atoms with Crippen molar-refractivity contribution >= 4 is 17.6 Å². The molecule has 0 aromatic heterocycles. The molecule has 2 rings (SSSR count). The van der Waals surface area contributed by atoms with E-state index in [9.17, 15) is 4.79 Å². The predicted molar refractivity (Wildman–Crippen MR) is 105 cm³/mol. The molecule has 26 heavy (non-hydrogen) atoms. The van der Waals surface area contributed by atoms with E-state index in [4.69, 9.17) is 27.4 Å². The number of nitrogen functional groups attached to an aromatic ring is 2. The van der Waals surface area contributed by atoms with Crippen LogP contribution >= 0.6 is 0 Å². The summed E-state index contributed by atoms with van der Waals surface area (Å²) in [6.07, 6.45) is 0.867. The molecule has 1 unspecified atom stereocenters. The maximum atomic E-state index is 10.7. The Hall–Kier alpha value is -3.15. The Morgan fingerprint density at radius 2 is 1.62 bits per heavy atom. The molecular weight excluding hydrogens is 328 g/mol. The third-order valence-corrected chi connectivity index (χ3v) is 3.95. The topological polar surface area (TPSA) is 137 Å². The van der Waals surface area contributed by atoms with E-state index in [1.807, 2.05) is 44.2 Å². The van der Waals surface area contributed by atoms with Crippen molar-refractivity contribution in [1.82, 2.24) is 0 Å². The first-order chi connectivity index (χ1) is 12.2. The fraction of sp³-hybridized carbons (Fsp3) is 0.250. The van der Waals surface area contributed by atoms with Gasteiger partial charge in [0.05, 0.1) is 6.42 Å². The number of nitrogens with one attached hydrogen (secondary N) is 2. The minimum Gasteiger partial charge on any atom is -0.481 e. The van der Waals surface area contributed by atoms with E-state index in [0.29, 0.717) is 5.56 Å². The minimum absolute atomic E-state index is 0.00651. The molecule has 0 heterocycles. The first-order valence-electron chi connectivity index (χ1n) is 8.31. The molecule has 0 fully saturated rings. The van der Waals surface area contributed by atoms with E-state index in [-0.39, 0.29) is 24.0 Å². The van der Waals surface area contributed by atoms with Crippen molar-refractivity contribution < 1.29 is 9.90 Å². The number of amidine groups is 2. The lowest BCUT2D eigenvalue weighted by molar-refractivity contribution is -0.137. The van der Waals surface area contributed by atoms with Crippen molar-refractivity contribution in [2.24, 2.45) is 11.5 Å². The number of carbonyl (C=O) groups is 1. The molecule has 0 amide bonds. The molecular formula is C20H26N4O2. The van der Waals surface area contributed by atoms with Gasteiger partial charge in [0.2, 0.25) is 0 Å². The van der Waals surface area contributed by atoms with Gasteiger partial charge in [-0.1, -0.05) is 55.0 Å². The number of nitrogens with two attached hydrogens (primary N) is 2.